The molecule has 2 unspecified atom stereocenters. The lowest BCUT2D eigenvalue weighted by molar-refractivity contribution is 0.396. The largest absolute Gasteiger partial charge is 0.324 e. The molecule has 110 valence electrons. The van der Waals surface area contributed by atoms with Gasteiger partial charge in [-0.25, -0.2) is 4.39 Å². The zero-order chi connectivity index (χ0) is 14.8. The Hall–Kier alpha value is -1.19. The van der Waals surface area contributed by atoms with E-state index in [2.05, 4.69) is 34.1 Å². The third kappa shape index (κ3) is 3.19. The van der Waals surface area contributed by atoms with Gasteiger partial charge in [-0.05, 0) is 66.5 Å². The number of aryl methyl sites for hydroxylation is 1. The highest BCUT2D eigenvalue weighted by Crippen LogP contribution is 2.34. The summed E-state index contributed by atoms with van der Waals surface area (Å²) in [7, 11) is 0. The molecule has 0 saturated heterocycles. The molecule has 2 atom stereocenters. The highest BCUT2D eigenvalue weighted by Gasteiger charge is 2.25. The second kappa shape index (κ2) is 6.29. The second-order valence-electron chi connectivity index (χ2n) is 5.82. The number of fused-ring (bicyclic) bond motifs is 1. The molecule has 2 aromatic rings. The third-order valence-corrected chi connectivity index (χ3v) is 4.93. The molecular formula is C18H19BrFN. The Kier molecular flexibility index (Phi) is 4.41. The minimum Gasteiger partial charge on any atom is -0.324 e. The molecule has 1 nitrogen and oxygen atoms in total. The SMILES string of the molecule is NC1c2ccccc2CCCC1Cc1cc(Br)ccc1F. The van der Waals surface area contributed by atoms with Crippen LogP contribution in [0, 0.1) is 11.7 Å². The van der Waals surface area contributed by atoms with Crippen LogP contribution < -0.4 is 5.73 Å². The summed E-state index contributed by atoms with van der Waals surface area (Å²) in [5.74, 6) is 0.153. The van der Waals surface area contributed by atoms with E-state index in [4.69, 9.17) is 5.73 Å². The number of nitrogens with two attached hydrogens (primary N) is 1. The summed E-state index contributed by atoms with van der Waals surface area (Å²) in [5.41, 5.74) is 9.83. The molecule has 0 amide bonds. The lowest BCUT2D eigenvalue weighted by Crippen LogP contribution is -2.23. The number of rotatable bonds is 2. The molecule has 0 saturated carbocycles. The van der Waals surface area contributed by atoms with Crippen molar-refractivity contribution in [2.45, 2.75) is 31.7 Å². The molecule has 2 aromatic carbocycles. The van der Waals surface area contributed by atoms with Crippen LogP contribution in [0.2, 0.25) is 0 Å². The summed E-state index contributed by atoms with van der Waals surface area (Å²) in [6.07, 6.45) is 3.93. The maximum Gasteiger partial charge on any atom is 0.126 e. The van der Waals surface area contributed by atoms with E-state index in [1.54, 1.807) is 6.07 Å². The molecular weight excluding hydrogens is 329 g/mol. The van der Waals surface area contributed by atoms with Gasteiger partial charge in [0.1, 0.15) is 5.82 Å². The van der Waals surface area contributed by atoms with Crippen LogP contribution in [0.4, 0.5) is 4.39 Å². The van der Waals surface area contributed by atoms with Crippen LogP contribution >= 0.6 is 15.9 Å². The number of halogens is 2. The van der Waals surface area contributed by atoms with Gasteiger partial charge in [0.05, 0.1) is 0 Å². The van der Waals surface area contributed by atoms with E-state index in [1.165, 1.54) is 17.2 Å². The van der Waals surface area contributed by atoms with Crippen molar-refractivity contribution >= 4 is 15.9 Å². The highest BCUT2D eigenvalue weighted by molar-refractivity contribution is 9.10. The van der Waals surface area contributed by atoms with Crippen LogP contribution in [0.25, 0.3) is 0 Å². The van der Waals surface area contributed by atoms with Crippen LogP contribution in [0.15, 0.2) is 46.9 Å². The Morgan fingerprint density at radius 3 is 2.86 bits per heavy atom. The molecule has 0 bridgehead atoms. The smallest absolute Gasteiger partial charge is 0.126 e. The summed E-state index contributed by atoms with van der Waals surface area (Å²) in [6, 6.07) is 13.5. The van der Waals surface area contributed by atoms with Crippen LogP contribution in [0.3, 0.4) is 0 Å². The minimum atomic E-state index is -0.136. The molecule has 1 aliphatic rings. The molecule has 2 N–H and O–H groups in total. The van der Waals surface area contributed by atoms with Gasteiger partial charge in [-0.3, -0.25) is 0 Å². The highest BCUT2D eigenvalue weighted by atomic mass is 79.9. The number of benzene rings is 2. The van der Waals surface area contributed by atoms with E-state index < -0.39 is 0 Å². The molecule has 0 heterocycles. The lowest BCUT2D eigenvalue weighted by atomic mass is 9.86. The van der Waals surface area contributed by atoms with Crippen molar-refractivity contribution in [3.63, 3.8) is 0 Å². The average molecular weight is 348 g/mol. The Morgan fingerprint density at radius 2 is 2.00 bits per heavy atom. The predicted octanol–water partition coefficient (Wildman–Crippen LogP) is 4.78. The predicted molar refractivity (Wildman–Crippen MR) is 87.6 cm³/mol. The van der Waals surface area contributed by atoms with Crippen molar-refractivity contribution in [3.8, 4) is 0 Å². The van der Waals surface area contributed by atoms with Crippen molar-refractivity contribution in [2.24, 2.45) is 11.7 Å². The summed E-state index contributed by atoms with van der Waals surface area (Å²) < 4.78 is 14.9. The van der Waals surface area contributed by atoms with Gasteiger partial charge in [-0.2, -0.15) is 0 Å². The molecule has 1 aliphatic carbocycles. The van der Waals surface area contributed by atoms with Gasteiger partial charge >= 0.3 is 0 Å². The molecule has 0 radical (unpaired) electrons. The first-order valence-corrected chi connectivity index (χ1v) is 8.22. The van der Waals surface area contributed by atoms with Crippen LogP contribution in [-0.4, -0.2) is 0 Å². The molecule has 0 spiro atoms. The van der Waals surface area contributed by atoms with Gasteiger partial charge in [-0.1, -0.05) is 40.2 Å². The monoisotopic (exact) mass is 347 g/mol. The van der Waals surface area contributed by atoms with E-state index in [1.807, 2.05) is 12.1 Å². The van der Waals surface area contributed by atoms with Crippen molar-refractivity contribution in [2.75, 3.05) is 0 Å². The lowest BCUT2D eigenvalue weighted by Gasteiger charge is -2.23. The van der Waals surface area contributed by atoms with Crippen LogP contribution in [0.1, 0.15) is 35.6 Å². The van der Waals surface area contributed by atoms with E-state index in [9.17, 15) is 4.39 Å². The quantitative estimate of drug-likeness (QED) is 0.777. The van der Waals surface area contributed by atoms with Crippen LogP contribution in [-0.2, 0) is 12.8 Å². The van der Waals surface area contributed by atoms with E-state index in [0.717, 1.165) is 29.3 Å². The fraction of sp³-hybridized carbons (Fsp3) is 0.333. The van der Waals surface area contributed by atoms with Crippen molar-refractivity contribution in [1.29, 1.82) is 0 Å². The Balaban J connectivity index is 1.87. The van der Waals surface area contributed by atoms with Gasteiger partial charge in [0.2, 0.25) is 0 Å². The van der Waals surface area contributed by atoms with Gasteiger partial charge in [0.25, 0.3) is 0 Å². The normalized spacial score (nSPS) is 21.7. The zero-order valence-corrected chi connectivity index (χ0v) is 13.4. The van der Waals surface area contributed by atoms with E-state index >= 15 is 0 Å². The van der Waals surface area contributed by atoms with Gasteiger partial charge in [0.15, 0.2) is 0 Å². The maximum atomic E-state index is 14.0. The first-order valence-electron chi connectivity index (χ1n) is 7.42. The fourth-order valence-electron chi connectivity index (χ4n) is 3.29. The zero-order valence-electron chi connectivity index (χ0n) is 11.9. The third-order valence-electron chi connectivity index (χ3n) is 4.43. The molecule has 0 aliphatic heterocycles. The average Bonchev–Trinajstić information content (AvgIpc) is 2.64. The Bertz CT molecular complexity index is 641. The van der Waals surface area contributed by atoms with Gasteiger partial charge in [-0.15, -0.1) is 0 Å². The minimum absolute atomic E-state index is 0.0120. The number of hydrogen-bond donors (Lipinski definition) is 1. The van der Waals surface area contributed by atoms with Gasteiger partial charge < -0.3 is 5.73 Å². The summed E-state index contributed by atoms with van der Waals surface area (Å²) in [4.78, 5) is 0. The summed E-state index contributed by atoms with van der Waals surface area (Å²) in [5, 5.41) is 0. The standard InChI is InChI=1S/C18H19BrFN/c19-15-8-9-17(20)14(11-15)10-13-6-3-5-12-4-1-2-7-16(12)18(13)21/h1-2,4,7-9,11,13,18H,3,5-6,10,21H2. The molecule has 3 rings (SSSR count). The van der Waals surface area contributed by atoms with Crippen molar-refractivity contribution in [1.82, 2.24) is 0 Å². The van der Waals surface area contributed by atoms with E-state index in [-0.39, 0.29) is 17.8 Å². The van der Waals surface area contributed by atoms with Gasteiger partial charge in [0, 0.05) is 10.5 Å². The summed E-state index contributed by atoms with van der Waals surface area (Å²) in [6.45, 7) is 0. The molecule has 21 heavy (non-hydrogen) atoms. The fourth-order valence-corrected chi connectivity index (χ4v) is 3.69. The maximum absolute atomic E-state index is 14.0. The first-order chi connectivity index (χ1) is 10.1. The van der Waals surface area contributed by atoms with Crippen LogP contribution in [0.5, 0.6) is 0 Å². The summed E-state index contributed by atoms with van der Waals surface area (Å²) >= 11 is 3.42. The van der Waals surface area contributed by atoms with Crippen molar-refractivity contribution in [3.05, 3.63) is 69.4 Å². The Morgan fingerprint density at radius 1 is 1.19 bits per heavy atom. The molecule has 0 fully saturated rings. The number of hydrogen-bond acceptors (Lipinski definition) is 1. The Labute approximate surface area is 133 Å². The first kappa shape index (κ1) is 14.7. The molecule has 3 heteroatoms. The molecule has 0 aromatic heterocycles. The van der Waals surface area contributed by atoms with Crippen molar-refractivity contribution < 1.29 is 4.39 Å². The topological polar surface area (TPSA) is 26.0 Å². The van der Waals surface area contributed by atoms with E-state index in [0.29, 0.717) is 6.42 Å². The second-order valence-corrected chi connectivity index (χ2v) is 6.73.